The highest BCUT2D eigenvalue weighted by molar-refractivity contribution is 5.62. The van der Waals surface area contributed by atoms with E-state index in [1.54, 1.807) is 13.1 Å². The van der Waals surface area contributed by atoms with Crippen LogP contribution in [-0.4, -0.2) is 20.0 Å². The predicted octanol–water partition coefficient (Wildman–Crippen LogP) is 1.84. The molecule has 0 heterocycles. The molecule has 80 valence electrons. The standard InChI is InChI=1S/C10H11F2N3/c1-15(6-10(11)12)8-2-3-9(14)7(4-8)5-13/h2-4,10H,6,14H2,1H3. The number of halogens is 2. The Kier molecular flexibility index (Phi) is 3.45. The Morgan fingerprint density at radius 3 is 2.73 bits per heavy atom. The molecule has 15 heavy (non-hydrogen) atoms. The third-order valence-corrected chi connectivity index (χ3v) is 2.01. The second-order valence-electron chi connectivity index (χ2n) is 3.15. The molecule has 0 unspecified atom stereocenters. The van der Waals surface area contributed by atoms with Gasteiger partial charge in [0.05, 0.1) is 12.1 Å². The number of nitrogens with zero attached hydrogens (tertiary/aromatic N) is 2. The first-order valence-electron chi connectivity index (χ1n) is 4.33. The van der Waals surface area contributed by atoms with Crippen LogP contribution >= 0.6 is 0 Å². The molecule has 0 radical (unpaired) electrons. The van der Waals surface area contributed by atoms with Crippen molar-refractivity contribution in [1.82, 2.24) is 0 Å². The van der Waals surface area contributed by atoms with Crippen molar-refractivity contribution < 1.29 is 8.78 Å². The summed E-state index contributed by atoms with van der Waals surface area (Å²) in [4.78, 5) is 1.38. The minimum absolute atomic E-state index is 0.300. The molecule has 1 aromatic carbocycles. The van der Waals surface area contributed by atoms with Gasteiger partial charge in [-0.3, -0.25) is 0 Å². The van der Waals surface area contributed by atoms with Crippen molar-refractivity contribution in [1.29, 1.82) is 5.26 Å². The Bertz CT molecular complexity index is 385. The van der Waals surface area contributed by atoms with Crippen LogP contribution in [0.2, 0.25) is 0 Å². The summed E-state index contributed by atoms with van der Waals surface area (Å²) in [6.45, 7) is -0.366. The summed E-state index contributed by atoms with van der Waals surface area (Å²) in [6.07, 6.45) is -2.40. The fourth-order valence-electron chi connectivity index (χ4n) is 1.19. The van der Waals surface area contributed by atoms with Crippen LogP contribution in [0, 0.1) is 11.3 Å². The van der Waals surface area contributed by atoms with Gasteiger partial charge in [-0.2, -0.15) is 5.26 Å². The molecule has 0 spiro atoms. The lowest BCUT2D eigenvalue weighted by molar-refractivity contribution is 0.156. The average Bonchev–Trinajstić information content (AvgIpc) is 2.17. The topological polar surface area (TPSA) is 53.0 Å². The number of nitrogens with two attached hydrogens (primary N) is 1. The van der Waals surface area contributed by atoms with Gasteiger partial charge in [0.2, 0.25) is 0 Å². The summed E-state index contributed by atoms with van der Waals surface area (Å²) in [5.41, 5.74) is 6.72. The number of hydrogen-bond donors (Lipinski definition) is 1. The normalized spacial score (nSPS) is 10.1. The van der Waals surface area contributed by atoms with Crippen LogP contribution in [0.4, 0.5) is 20.2 Å². The first-order chi connectivity index (χ1) is 7.04. The monoisotopic (exact) mass is 211 g/mol. The fraction of sp³-hybridized carbons (Fsp3) is 0.300. The zero-order chi connectivity index (χ0) is 11.4. The first kappa shape index (κ1) is 11.2. The SMILES string of the molecule is CN(CC(F)F)c1ccc(N)c(C#N)c1. The molecule has 0 atom stereocenters. The third-order valence-electron chi connectivity index (χ3n) is 2.01. The number of nitriles is 1. The summed E-state index contributed by atoms with van der Waals surface area (Å²) >= 11 is 0. The smallest absolute Gasteiger partial charge is 0.255 e. The van der Waals surface area contributed by atoms with Crippen LogP contribution in [-0.2, 0) is 0 Å². The molecular formula is C10H11F2N3. The van der Waals surface area contributed by atoms with Crippen LogP contribution in [0.3, 0.4) is 0 Å². The maximum atomic E-state index is 12.1. The summed E-state index contributed by atoms with van der Waals surface area (Å²) in [5.74, 6) is 0. The number of nitrogen functional groups attached to an aromatic ring is 1. The van der Waals surface area contributed by atoms with Gasteiger partial charge in [0.1, 0.15) is 6.07 Å². The largest absolute Gasteiger partial charge is 0.398 e. The van der Waals surface area contributed by atoms with Crippen molar-refractivity contribution in [2.75, 3.05) is 24.2 Å². The second-order valence-corrected chi connectivity index (χ2v) is 3.15. The zero-order valence-electron chi connectivity index (χ0n) is 8.24. The zero-order valence-corrected chi connectivity index (χ0v) is 8.24. The molecule has 3 nitrogen and oxygen atoms in total. The van der Waals surface area contributed by atoms with Crippen molar-refractivity contribution in [3.63, 3.8) is 0 Å². The summed E-state index contributed by atoms with van der Waals surface area (Å²) in [7, 11) is 1.54. The van der Waals surface area contributed by atoms with E-state index in [9.17, 15) is 8.78 Å². The van der Waals surface area contributed by atoms with Gasteiger partial charge in [-0.05, 0) is 18.2 Å². The molecule has 1 rings (SSSR count). The molecule has 0 aliphatic heterocycles. The van der Waals surface area contributed by atoms with Gasteiger partial charge in [0, 0.05) is 18.4 Å². The summed E-state index contributed by atoms with van der Waals surface area (Å²) in [5, 5.41) is 8.71. The molecule has 0 amide bonds. The highest BCUT2D eigenvalue weighted by Gasteiger charge is 2.09. The molecule has 2 N–H and O–H groups in total. The number of anilines is 2. The Labute approximate surface area is 86.7 Å². The van der Waals surface area contributed by atoms with E-state index < -0.39 is 6.43 Å². The van der Waals surface area contributed by atoms with Crippen molar-refractivity contribution >= 4 is 11.4 Å². The minimum atomic E-state index is -2.40. The molecule has 0 aromatic heterocycles. The highest BCUT2D eigenvalue weighted by atomic mass is 19.3. The van der Waals surface area contributed by atoms with E-state index in [0.29, 0.717) is 16.9 Å². The van der Waals surface area contributed by atoms with Crippen LogP contribution in [0.15, 0.2) is 18.2 Å². The first-order valence-corrected chi connectivity index (χ1v) is 4.33. The fourth-order valence-corrected chi connectivity index (χ4v) is 1.19. The summed E-state index contributed by atoms with van der Waals surface area (Å²) < 4.78 is 24.2. The van der Waals surface area contributed by atoms with E-state index >= 15 is 0 Å². The molecular weight excluding hydrogens is 200 g/mol. The lowest BCUT2D eigenvalue weighted by Gasteiger charge is -2.19. The number of alkyl halides is 2. The van der Waals surface area contributed by atoms with Crippen molar-refractivity contribution in [2.24, 2.45) is 0 Å². The van der Waals surface area contributed by atoms with Crippen molar-refractivity contribution in [2.45, 2.75) is 6.43 Å². The lowest BCUT2D eigenvalue weighted by Crippen LogP contribution is -2.24. The van der Waals surface area contributed by atoms with Gasteiger partial charge in [0.15, 0.2) is 0 Å². The van der Waals surface area contributed by atoms with E-state index in [1.807, 2.05) is 6.07 Å². The van der Waals surface area contributed by atoms with Gasteiger partial charge in [-0.25, -0.2) is 8.78 Å². The Hall–Kier alpha value is -1.83. The second kappa shape index (κ2) is 4.60. The van der Waals surface area contributed by atoms with Crippen molar-refractivity contribution in [3.05, 3.63) is 23.8 Å². The molecule has 1 aromatic rings. The molecule has 5 heteroatoms. The minimum Gasteiger partial charge on any atom is -0.398 e. The Morgan fingerprint density at radius 2 is 2.20 bits per heavy atom. The van der Waals surface area contributed by atoms with Gasteiger partial charge in [-0.1, -0.05) is 0 Å². The highest BCUT2D eigenvalue weighted by Crippen LogP contribution is 2.20. The van der Waals surface area contributed by atoms with Gasteiger partial charge < -0.3 is 10.6 Å². The van der Waals surface area contributed by atoms with Crippen LogP contribution in [0.25, 0.3) is 0 Å². The Balaban J connectivity index is 2.92. The third kappa shape index (κ3) is 2.81. The summed E-state index contributed by atoms with van der Waals surface area (Å²) in [6, 6.07) is 6.55. The molecule has 0 aliphatic rings. The van der Waals surface area contributed by atoms with E-state index in [0.717, 1.165) is 0 Å². The molecule has 0 fully saturated rings. The Morgan fingerprint density at radius 1 is 1.53 bits per heavy atom. The number of rotatable bonds is 3. The van der Waals surface area contributed by atoms with Gasteiger partial charge in [0.25, 0.3) is 6.43 Å². The van der Waals surface area contributed by atoms with E-state index in [2.05, 4.69) is 0 Å². The quantitative estimate of drug-likeness (QED) is 0.776. The lowest BCUT2D eigenvalue weighted by atomic mass is 10.1. The number of benzene rings is 1. The predicted molar refractivity (Wildman–Crippen MR) is 54.8 cm³/mol. The van der Waals surface area contributed by atoms with Gasteiger partial charge >= 0.3 is 0 Å². The van der Waals surface area contributed by atoms with Crippen molar-refractivity contribution in [3.8, 4) is 6.07 Å². The van der Waals surface area contributed by atoms with Gasteiger partial charge in [-0.15, -0.1) is 0 Å². The van der Waals surface area contributed by atoms with E-state index in [-0.39, 0.29) is 6.54 Å². The maximum absolute atomic E-state index is 12.1. The van der Waals surface area contributed by atoms with Crippen LogP contribution < -0.4 is 10.6 Å². The van der Waals surface area contributed by atoms with E-state index in [1.165, 1.54) is 17.0 Å². The molecule has 0 saturated carbocycles. The van der Waals surface area contributed by atoms with Crippen LogP contribution in [0.1, 0.15) is 5.56 Å². The molecule has 0 aliphatic carbocycles. The number of hydrogen-bond acceptors (Lipinski definition) is 3. The maximum Gasteiger partial charge on any atom is 0.255 e. The molecule has 0 saturated heterocycles. The van der Waals surface area contributed by atoms with E-state index in [4.69, 9.17) is 11.0 Å². The average molecular weight is 211 g/mol. The van der Waals surface area contributed by atoms with Crippen LogP contribution in [0.5, 0.6) is 0 Å². The molecule has 0 bridgehead atoms.